The first-order chi connectivity index (χ1) is 11.0. The summed E-state index contributed by atoms with van der Waals surface area (Å²) in [5.41, 5.74) is 4.72. The van der Waals surface area contributed by atoms with Crippen LogP contribution in [0.4, 0.5) is 0 Å². The van der Waals surface area contributed by atoms with Crippen LogP contribution >= 0.6 is 0 Å². The van der Waals surface area contributed by atoms with Gasteiger partial charge in [0.15, 0.2) is 0 Å². The number of fused-ring (bicyclic) bond motifs is 1. The van der Waals surface area contributed by atoms with E-state index in [4.69, 9.17) is 4.52 Å². The summed E-state index contributed by atoms with van der Waals surface area (Å²) >= 11 is 0. The molecule has 0 aliphatic heterocycles. The Morgan fingerprint density at radius 3 is 2.74 bits per heavy atom. The molecule has 0 saturated heterocycles. The molecule has 5 nitrogen and oxygen atoms in total. The second-order valence-electron chi connectivity index (χ2n) is 6.15. The molecule has 0 aliphatic rings. The van der Waals surface area contributed by atoms with Crippen molar-refractivity contribution in [1.82, 2.24) is 15.0 Å². The van der Waals surface area contributed by atoms with Crippen LogP contribution in [0.2, 0.25) is 0 Å². The molecule has 1 aromatic carbocycles. The summed E-state index contributed by atoms with van der Waals surface area (Å²) in [5, 5.41) is 16.0. The third-order valence-corrected chi connectivity index (χ3v) is 4.14. The van der Waals surface area contributed by atoms with Crippen LogP contribution in [-0.4, -0.2) is 40.8 Å². The molecule has 2 aromatic heterocycles. The van der Waals surface area contributed by atoms with Crippen molar-refractivity contribution >= 4 is 10.9 Å². The van der Waals surface area contributed by atoms with Gasteiger partial charge in [-0.1, -0.05) is 30.3 Å². The number of hydrogen-bond acceptors (Lipinski definition) is 4. The molecule has 3 rings (SSSR count). The molecule has 0 radical (unpaired) electrons. The summed E-state index contributed by atoms with van der Waals surface area (Å²) in [6.45, 7) is 4.52. The second-order valence-corrected chi connectivity index (χ2v) is 6.15. The van der Waals surface area contributed by atoms with E-state index >= 15 is 0 Å². The van der Waals surface area contributed by atoms with Crippen molar-refractivity contribution in [1.29, 1.82) is 0 Å². The van der Waals surface area contributed by atoms with Gasteiger partial charge in [-0.2, -0.15) is 0 Å². The van der Waals surface area contributed by atoms with Crippen LogP contribution in [0.25, 0.3) is 22.2 Å². The predicted octanol–water partition coefficient (Wildman–Crippen LogP) is 3.29. The summed E-state index contributed by atoms with van der Waals surface area (Å²) in [7, 11) is 3.92. The molecule has 1 atom stereocenters. The van der Waals surface area contributed by atoms with Crippen LogP contribution in [0.3, 0.4) is 0 Å². The lowest BCUT2D eigenvalue weighted by Crippen LogP contribution is -2.20. The molecule has 122 valence electrons. The highest BCUT2D eigenvalue weighted by atomic mass is 16.5. The normalized spacial score (nSPS) is 13.1. The van der Waals surface area contributed by atoms with Gasteiger partial charge in [0.1, 0.15) is 5.76 Å². The van der Waals surface area contributed by atoms with Crippen LogP contribution < -0.4 is 0 Å². The molecule has 0 unspecified atom stereocenters. The van der Waals surface area contributed by atoms with Gasteiger partial charge in [0.25, 0.3) is 0 Å². The SMILES string of the molecule is CCc1noc(C)c1-c1[nH]c2ccccc2c1[C@H](O)CN(C)C. The van der Waals surface area contributed by atoms with E-state index in [1.807, 2.05) is 50.2 Å². The molecule has 0 spiro atoms. The molecule has 2 heterocycles. The smallest absolute Gasteiger partial charge is 0.143 e. The highest BCUT2D eigenvalue weighted by Crippen LogP contribution is 2.38. The van der Waals surface area contributed by atoms with Gasteiger partial charge in [-0.3, -0.25) is 0 Å². The quantitative estimate of drug-likeness (QED) is 0.758. The molecule has 3 aromatic rings. The van der Waals surface area contributed by atoms with Crippen LogP contribution in [-0.2, 0) is 6.42 Å². The topological polar surface area (TPSA) is 65.3 Å². The number of aromatic amines is 1. The number of aliphatic hydroxyl groups is 1. The van der Waals surface area contributed by atoms with E-state index in [0.717, 1.165) is 45.6 Å². The Balaban J connectivity index is 2.25. The average molecular weight is 313 g/mol. The number of rotatable bonds is 5. The summed E-state index contributed by atoms with van der Waals surface area (Å²) in [6.07, 6.45) is 0.195. The van der Waals surface area contributed by atoms with Gasteiger partial charge in [-0.05, 0) is 33.5 Å². The third kappa shape index (κ3) is 2.78. The van der Waals surface area contributed by atoms with Gasteiger partial charge in [0.05, 0.1) is 23.1 Å². The van der Waals surface area contributed by atoms with Gasteiger partial charge in [0, 0.05) is 23.0 Å². The van der Waals surface area contributed by atoms with Crippen LogP contribution in [0.1, 0.15) is 30.0 Å². The number of para-hydroxylation sites is 1. The molecule has 2 N–H and O–H groups in total. The zero-order valence-electron chi connectivity index (χ0n) is 14.1. The molecule has 0 aliphatic carbocycles. The fraction of sp³-hybridized carbons (Fsp3) is 0.389. The Hall–Kier alpha value is -2.11. The van der Waals surface area contributed by atoms with E-state index in [1.165, 1.54) is 0 Å². The average Bonchev–Trinajstić information content (AvgIpc) is 3.05. The summed E-state index contributed by atoms with van der Waals surface area (Å²) in [6, 6.07) is 8.05. The summed E-state index contributed by atoms with van der Waals surface area (Å²) in [4.78, 5) is 5.44. The monoisotopic (exact) mass is 313 g/mol. The van der Waals surface area contributed by atoms with Gasteiger partial charge < -0.3 is 19.5 Å². The minimum atomic E-state index is -0.588. The van der Waals surface area contributed by atoms with E-state index in [0.29, 0.717) is 6.54 Å². The Kier molecular flexibility index (Phi) is 4.24. The maximum atomic E-state index is 10.8. The molecule has 0 bridgehead atoms. The van der Waals surface area contributed by atoms with E-state index < -0.39 is 6.10 Å². The molecule has 0 amide bonds. The number of aryl methyl sites for hydroxylation is 2. The van der Waals surface area contributed by atoms with E-state index in [2.05, 4.69) is 17.1 Å². The van der Waals surface area contributed by atoms with E-state index in [1.54, 1.807) is 0 Å². The number of H-pyrrole nitrogens is 1. The van der Waals surface area contributed by atoms with Crippen molar-refractivity contribution in [3.05, 3.63) is 41.3 Å². The maximum absolute atomic E-state index is 10.8. The highest BCUT2D eigenvalue weighted by Gasteiger charge is 2.25. The highest BCUT2D eigenvalue weighted by molar-refractivity contribution is 5.92. The van der Waals surface area contributed by atoms with Gasteiger partial charge >= 0.3 is 0 Å². The van der Waals surface area contributed by atoms with Crippen molar-refractivity contribution in [2.45, 2.75) is 26.4 Å². The van der Waals surface area contributed by atoms with E-state index in [9.17, 15) is 5.11 Å². The number of nitrogens with one attached hydrogen (secondary N) is 1. The lowest BCUT2D eigenvalue weighted by Gasteiger charge is -2.17. The number of aliphatic hydroxyl groups excluding tert-OH is 1. The lowest BCUT2D eigenvalue weighted by atomic mass is 9.98. The lowest BCUT2D eigenvalue weighted by molar-refractivity contribution is 0.140. The van der Waals surface area contributed by atoms with Gasteiger partial charge in [-0.25, -0.2) is 0 Å². The van der Waals surface area contributed by atoms with Crippen LogP contribution in [0.15, 0.2) is 28.8 Å². The predicted molar refractivity (Wildman–Crippen MR) is 91.4 cm³/mol. The molecule has 5 heteroatoms. The zero-order valence-corrected chi connectivity index (χ0v) is 14.1. The molecule has 0 saturated carbocycles. The first-order valence-electron chi connectivity index (χ1n) is 7.91. The number of hydrogen-bond donors (Lipinski definition) is 2. The van der Waals surface area contributed by atoms with Crippen LogP contribution in [0.5, 0.6) is 0 Å². The number of nitrogens with zero attached hydrogens (tertiary/aromatic N) is 2. The molecule has 0 fully saturated rings. The first-order valence-corrected chi connectivity index (χ1v) is 7.91. The van der Waals surface area contributed by atoms with Crippen molar-refractivity contribution in [2.75, 3.05) is 20.6 Å². The Morgan fingerprint density at radius 1 is 1.30 bits per heavy atom. The van der Waals surface area contributed by atoms with Crippen molar-refractivity contribution in [2.24, 2.45) is 0 Å². The minimum absolute atomic E-state index is 0.556. The van der Waals surface area contributed by atoms with Crippen molar-refractivity contribution in [3.63, 3.8) is 0 Å². The maximum Gasteiger partial charge on any atom is 0.143 e. The summed E-state index contributed by atoms with van der Waals surface area (Å²) in [5.74, 6) is 0.770. The number of likely N-dealkylation sites (N-methyl/N-ethyl adjacent to an activating group) is 1. The van der Waals surface area contributed by atoms with Crippen LogP contribution in [0, 0.1) is 6.92 Å². The molecule has 23 heavy (non-hydrogen) atoms. The number of aromatic nitrogens is 2. The molecular formula is C18H23N3O2. The van der Waals surface area contributed by atoms with Gasteiger partial charge in [0.2, 0.25) is 0 Å². The fourth-order valence-electron chi connectivity index (χ4n) is 3.12. The fourth-order valence-corrected chi connectivity index (χ4v) is 3.12. The largest absolute Gasteiger partial charge is 0.387 e. The Bertz CT molecular complexity index is 817. The Labute approximate surface area is 135 Å². The minimum Gasteiger partial charge on any atom is -0.387 e. The Morgan fingerprint density at radius 2 is 2.04 bits per heavy atom. The number of benzene rings is 1. The molecular weight excluding hydrogens is 290 g/mol. The summed E-state index contributed by atoms with van der Waals surface area (Å²) < 4.78 is 5.39. The zero-order chi connectivity index (χ0) is 16.6. The standard InChI is InChI=1S/C18H23N3O2/c1-5-13-16(11(2)23-20-13)18-17(15(22)10-21(3)4)12-8-6-7-9-14(12)19-18/h6-9,15,19,22H,5,10H2,1-4H3/t15-/m1/s1. The van der Waals surface area contributed by atoms with Crippen molar-refractivity contribution in [3.8, 4) is 11.3 Å². The third-order valence-electron chi connectivity index (χ3n) is 4.14. The first kappa shape index (κ1) is 15.8. The van der Waals surface area contributed by atoms with Crippen molar-refractivity contribution < 1.29 is 9.63 Å². The second kappa shape index (κ2) is 6.18. The van der Waals surface area contributed by atoms with Gasteiger partial charge in [-0.15, -0.1) is 0 Å². The van der Waals surface area contributed by atoms with E-state index in [-0.39, 0.29) is 0 Å².